The summed E-state index contributed by atoms with van der Waals surface area (Å²) in [4.78, 5) is 47.5. The number of benzene rings is 2. The Labute approximate surface area is 245 Å². The fraction of sp³-hybridized carbons (Fsp3) is 0.250. The molecule has 1 aliphatic heterocycles. The topological polar surface area (TPSA) is 160 Å². The van der Waals surface area contributed by atoms with E-state index >= 15 is 0 Å². The van der Waals surface area contributed by atoms with Crippen molar-refractivity contribution in [2.24, 2.45) is 0 Å². The lowest BCUT2D eigenvalue weighted by molar-refractivity contribution is -0.130. The molecule has 0 saturated heterocycles. The smallest absolute Gasteiger partial charge is 0.411 e. The number of fused-ring (bicyclic) bond motifs is 4. The summed E-state index contributed by atoms with van der Waals surface area (Å²) in [6.45, 7) is 0.515. The van der Waals surface area contributed by atoms with Gasteiger partial charge in [0, 0.05) is 47.7 Å². The number of hydrogen-bond acceptors (Lipinski definition) is 8. The summed E-state index contributed by atoms with van der Waals surface area (Å²) in [6, 6.07) is 9.95. The van der Waals surface area contributed by atoms with Gasteiger partial charge in [-0.05, 0) is 65.2 Å². The number of H-pyrrole nitrogens is 1. The number of amides is 3. The van der Waals surface area contributed by atoms with Crippen molar-refractivity contribution in [1.29, 1.82) is 0 Å². The summed E-state index contributed by atoms with van der Waals surface area (Å²) in [5.41, 5.74) is 4.34. The van der Waals surface area contributed by atoms with Crippen molar-refractivity contribution in [3.63, 3.8) is 0 Å². The van der Waals surface area contributed by atoms with Gasteiger partial charge in [0.2, 0.25) is 11.8 Å². The molecule has 5 rings (SSSR count). The van der Waals surface area contributed by atoms with E-state index in [1.165, 1.54) is 24.2 Å². The molecule has 3 N–H and O–H groups in total. The van der Waals surface area contributed by atoms with Gasteiger partial charge < -0.3 is 19.9 Å². The van der Waals surface area contributed by atoms with Gasteiger partial charge in [0.05, 0.1) is 31.0 Å². The molecule has 1 aliphatic rings. The van der Waals surface area contributed by atoms with Gasteiger partial charge >= 0.3 is 6.09 Å². The van der Waals surface area contributed by atoms with E-state index in [1.54, 1.807) is 48.5 Å². The molecule has 13 nitrogen and oxygen atoms in total. The highest BCUT2D eigenvalue weighted by Gasteiger charge is 2.24. The first-order valence-corrected chi connectivity index (χ1v) is 13.5. The molecule has 0 saturated carbocycles. The summed E-state index contributed by atoms with van der Waals surface area (Å²) in [7, 11) is 3.04. The van der Waals surface area contributed by atoms with Crippen LogP contribution in [0.15, 0.2) is 55.0 Å². The largest absolute Gasteiger partial charge is 0.453 e. The molecule has 3 heterocycles. The van der Waals surface area contributed by atoms with Crippen molar-refractivity contribution >= 4 is 41.3 Å². The summed E-state index contributed by atoms with van der Waals surface area (Å²) in [6.07, 6.45) is 6.95. The maximum Gasteiger partial charge on any atom is 0.411 e. The van der Waals surface area contributed by atoms with E-state index in [-0.39, 0.29) is 12.3 Å². The molecule has 3 amide bonds. The van der Waals surface area contributed by atoms with E-state index in [2.05, 4.69) is 31.1 Å². The first-order valence-electron chi connectivity index (χ1n) is 13.1. The highest BCUT2D eigenvalue weighted by atomic mass is 35.5. The van der Waals surface area contributed by atoms with E-state index in [0.717, 1.165) is 11.1 Å². The molecule has 2 aromatic carbocycles. The number of aromatic nitrogens is 6. The predicted molar refractivity (Wildman–Crippen MR) is 155 cm³/mol. The number of carbonyl (C=O) groups is 3. The monoisotopic (exact) mass is 589 g/mol. The van der Waals surface area contributed by atoms with E-state index in [0.29, 0.717) is 52.9 Å². The van der Waals surface area contributed by atoms with Crippen LogP contribution in [-0.4, -0.2) is 73.7 Å². The van der Waals surface area contributed by atoms with Crippen LogP contribution >= 0.6 is 11.6 Å². The summed E-state index contributed by atoms with van der Waals surface area (Å²) >= 11 is 6.19. The number of carbonyl (C=O) groups excluding carboxylic acids is 3. The molecule has 0 fully saturated rings. The quantitative estimate of drug-likeness (QED) is 0.298. The van der Waals surface area contributed by atoms with Gasteiger partial charge in [-0.25, -0.2) is 9.78 Å². The van der Waals surface area contributed by atoms with E-state index < -0.39 is 18.0 Å². The number of nitrogens with one attached hydrogen (secondary N) is 3. The minimum absolute atomic E-state index is 0.0188. The standard InChI is InChI=1S/C28H28ClN9O4/c1-37-11-3-4-17-13-20(32-28(41)42-2)7-8-21(17)23-15-30-27(34-23)22(14-26(37)40)33-25(39)10-5-18-12-19(29)6-9-24(18)38-16-31-35-36-38/h5-10,12-13,15-16,22H,3-4,11,14H2,1-2H3,(H,30,34)(H,32,41)(H,33,39). The number of ether oxygens (including phenoxy) is 1. The molecular formula is C28H28ClN9O4. The fourth-order valence-corrected chi connectivity index (χ4v) is 4.83. The number of hydrogen-bond donors (Lipinski definition) is 3. The Morgan fingerprint density at radius 3 is 2.86 bits per heavy atom. The average molecular weight is 590 g/mol. The maximum absolute atomic E-state index is 13.1. The van der Waals surface area contributed by atoms with Crippen LogP contribution in [0.25, 0.3) is 23.0 Å². The number of rotatable bonds is 5. The Kier molecular flexibility index (Phi) is 8.58. The molecule has 42 heavy (non-hydrogen) atoms. The number of aryl methyl sites for hydroxylation is 1. The molecule has 2 aromatic heterocycles. The number of nitrogens with zero attached hydrogens (tertiary/aromatic N) is 6. The Hall–Kier alpha value is -5.04. The van der Waals surface area contributed by atoms with Crippen molar-refractivity contribution in [1.82, 2.24) is 40.4 Å². The van der Waals surface area contributed by atoms with Gasteiger partial charge in [-0.2, -0.15) is 4.68 Å². The second-order valence-corrected chi connectivity index (χ2v) is 10.1. The van der Waals surface area contributed by atoms with Crippen LogP contribution < -0.4 is 10.6 Å². The molecular weight excluding hydrogens is 562 g/mol. The molecule has 1 atom stereocenters. The number of tetrazole rings is 1. The molecule has 216 valence electrons. The Bertz CT molecular complexity index is 1630. The van der Waals surface area contributed by atoms with Gasteiger partial charge in [-0.3, -0.25) is 14.9 Å². The van der Waals surface area contributed by atoms with Crippen LogP contribution in [0, 0.1) is 0 Å². The summed E-state index contributed by atoms with van der Waals surface area (Å²) in [5, 5.41) is 17.3. The normalized spacial score (nSPS) is 15.5. The lowest BCUT2D eigenvalue weighted by atomic mass is 9.99. The van der Waals surface area contributed by atoms with Gasteiger partial charge in [-0.15, -0.1) is 5.10 Å². The van der Waals surface area contributed by atoms with Crippen LogP contribution in [-0.2, 0) is 20.7 Å². The second-order valence-electron chi connectivity index (χ2n) is 9.63. The van der Waals surface area contributed by atoms with Gasteiger partial charge in [0.15, 0.2) is 0 Å². The molecule has 4 aromatic rings. The lowest BCUT2D eigenvalue weighted by Crippen LogP contribution is -2.35. The Balaban J connectivity index is 1.41. The highest BCUT2D eigenvalue weighted by molar-refractivity contribution is 6.30. The van der Waals surface area contributed by atoms with Crippen LogP contribution in [0.3, 0.4) is 0 Å². The number of methoxy groups -OCH3 is 1. The van der Waals surface area contributed by atoms with E-state index in [9.17, 15) is 14.4 Å². The predicted octanol–water partition coefficient (Wildman–Crippen LogP) is 3.55. The first-order chi connectivity index (χ1) is 20.3. The zero-order chi connectivity index (χ0) is 29.6. The molecule has 0 spiro atoms. The molecule has 0 aliphatic carbocycles. The SMILES string of the molecule is COC(=O)Nc1ccc2c(c1)CCCN(C)C(=O)CC(NC(=O)C=Cc1cc(Cl)ccc1-n1cnnn1)c1nc-2c[nH]1. The zero-order valence-electron chi connectivity index (χ0n) is 22.9. The first kappa shape index (κ1) is 28.5. The van der Waals surface area contributed by atoms with Crippen molar-refractivity contribution < 1.29 is 19.1 Å². The van der Waals surface area contributed by atoms with Crippen molar-refractivity contribution in [2.75, 3.05) is 26.0 Å². The highest BCUT2D eigenvalue weighted by Crippen LogP contribution is 2.29. The van der Waals surface area contributed by atoms with Crippen LogP contribution in [0.4, 0.5) is 10.5 Å². The van der Waals surface area contributed by atoms with Gasteiger partial charge in [0.1, 0.15) is 12.2 Å². The Morgan fingerprint density at radius 1 is 1.21 bits per heavy atom. The minimum atomic E-state index is -0.715. The molecule has 2 bridgehead atoms. The molecule has 14 heteroatoms. The average Bonchev–Trinajstić information content (AvgIpc) is 3.68. The number of aromatic amines is 1. The van der Waals surface area contributed by atoms with E-state index in [4.69, 9.17) is 21.3 Å². The third-order valence-corrected chi connectivity index (χ3v) is 7.04. The van der Waals surface area contributed by atoms with Crippen molar-refractivity contribution in [2.45, 2.75) is 25.3 Å². The minimum Gasteiger partial charge on any atom is -0.453 e. The third kappa shape index (κ3) is 6.63. The van der Waals surface area contributed by atoms with Gasteiger partial charge in [0.25, 0.3) is 0 Å². The number of anilines is 1. The number of imidazole rings is 1. The van der Waals surface area contributed by atoms with Crippen LogP contribution in [0.2, 0.25) is 5.02 Å². The summed E-state index contributed by atoms with van der Waals surface area (Å²) < 4.78 is 6.17. The summed E-state index contributed by atoms with van der Waals surface area (Å²) in [5.74, 6) is -0.129. The lowest BCUT2D eigenvalue weighted by Gasteiger charge is -2.22. The molecule has 0 radical (unpaired) electrons. The van der Waals surface area contributed by atoms with Crippen LogP contribution in [0.1, 0.15) is 35.8 Å². The Morgan fingerprint density at radius 2 is 2.07 bits per heavy atom. The van der Waals surface area contributed by atoms with Crippen LogP contribution in [0.5, 0.6) is 0 Å². The van der Waals surface area contributed by atoms with E-state index in [1.807, 2.05) is 12.1 Å². The van der Waals surface area contributed by atoms with Crippen molar-refractivity contribution in [3.05, 3.63) is 77.0 Å². The zero-order valence-corrected chi connectivity index (χ0v) is 23.6. The second kappa shape index (κ2) is 12.6. The van der Waals surface area contributed by atoms with Crippen molar-refractivity contribution in [3.8, 4) is 16.9 Å². The van der Waals surface area contributed by atoms with Gasteiger partial charge in [-0.1, -0.05) is 17.7 Å². The maximum atomic E-state index is 13.1. The fourth-order valence-electron chi connectivity index (χ4n) is 4.65. The number of halogens is 1. The third-order valence-electron chi connectivity index (χ3n) is 6.80. The molecule has 1 unspecified atom stereocenters.